The van der Waals surface area contributed by atoms with Gasteiger partial charge in [-0.1, -0.05) is 25.1 Å². The molecule has 0 N–H and O–H groups in total. The Morgan fingerprint density at radius 1 is 1.33 bits per heavy atom. The number of hydrogen-bond acceptors (Lipinski definition) is 2. The van der Waals surface area contributed by atoms with Crippen molar-refractivity contribution in [3.63, 3.8) is 0 Å². The predicted octanol–water partition coefficient (Wildman–Crippen LogP) is 3.57. The number of rotatable bonds is 3. The molecular weight excluding hydrogens is 260 g/mol. The molecule has 4 heterocycles. The van der Waals surface area contributed by atoms with E-state index in [2.05, 4.69) is 41.6 Å². The number of piperidine rings is 1. The minimum absolute atomic E-state index is 0.286. The molecule has 0 radical (unpaired) electrons. The highest BCUT2D eigenvalue weighted by Crippen LogP contribution is 2.48. The quantitative estimate of drug-likeness (QED) is 0.804. The number of fused-ring (bicyclic) bond motifs is 3. The minimum atomic E-state index is 0.286. The van der Waals surface area contributed by atoms with Crippen LogP contribution in [0.25, 0.3) is 10.9 Å². The average Bonchev–Trinajstić information content (AvgIpc) is 2.85. The number of benzene rings is 1. The van der Waals surface area contributed by atoms with Gasteiger partial charge in [0.05, 0.1) is 5.52 Å². The van der Waals surface area contributed by atoms with Crippen LogP contribution in [0.3, 0.4) is 0 Å². The molecule has 1 unspecified atom stereocenters. The van der Waals surface area contributed by atoms with Crippen molar-refractivity contribution in [2.45, 2.75) is 38.0 Å². The molecule has 0 aliphatic carbocycles. The van der Waals surface area contributed by atoms with Gasteiger partial charge in [0, 0.05) is 37.5 Å². The van der Waals surface area contributed by atoms with E-state index < -0.39 is 0 Å². The highest BCUT2D eigenvalue weighted by Gasteiger charge is 2.35. The topological polar surface area (TPSA) is 25.2 Å². The lowest BCUT2D eigenvalue weighted by molar-refractivity contribution is -0.108. The first kappa shape index (κ1) is 12.9. The van der Waals surface area contributed by atoms with Gasteiger partial charge in [0.25, 0.3) is 0 Å². The van der Waals surface area contributed by atoms with Crippen molar-refractivity contribution in [2.75, 3.05) is 18.0 Å². The molecule has 1 aromatic carbocycles. The molecule has 1 aromatic heterocycles. The maximum Gasteiger partial charge on any atom is 0.120 e. The summed E-state index contributed by atoms with van der Waals surface area (Å²) in [6, 6.07) is 6.63. The van der Waals surface area contributed by atoms with Gasteiger partial charge in [0.1, 0.15) is 12.1 Å². The highest BCUT2D eigenvalue weighted by atomic mass is 16.1. The van der Waals surface area contributed by atoms with E-state index in [0.29, 0.717) is 6.42 Å². The largest absolute Gasteiger partial charge is 0.358 e. The van der Waals surface area contributed by atoms with Gasteiger partial charge in [-0.05, 0) is 30.2 Å². The van der Waals surface area contributed by atoms with E-state index in [1.807, 2.05) is 0 Å². The first-order chi connectivity index (χ1) is 10.2. The zero-order chi connectivity index (χ0) is 14.6. The summed E-state index contributed by atoms with van der Waals surface area (Å²) in [6.07, 6.45) is 4.22. The SMILES string of the molecule is CC(CC=O)c1cccc2c3c(n(C)c12)N1CCC3CC1. The van der Waals surface area contributed by atoms with Gasteiger partial charge in [-0.15, -0.1) is 0 Å². The maximum absolute atomic E-state index is 10.9. The molecule has 3 heteroatoms. The lowest BCUT2D eigenvalue weighted by Gasteiger charge is -2.41. The number of hydrogen-bond donors (Lipinski definition) is 0. The molecule has 3 aliphatic rings. The third kappa shape index (κ3) is 1.69. The van der Waals surface area contributed by atoms with Crippen LogP contribution in [0.4, 0.5) is 5.82 Å². The van der Waals surface area contributed by atoms with Gasteiger partial charge in [0.15, 0.2) is 0 Å². The van der Waals surface area contributed by atoms with E-state index in [4.69, 9.17) is 0 Å². The second kappa shape index (κ2) is 4.62. The summed E-state index contributed by atoms with van der Waals surface area (Å²) in [5.74, 6) is 2.44. The van der Waals surface area contributed by atoms with Crippen LogP contribution in [-0.2, 0) is 11.8 Å². The van der Waals surface area contributed by atoms with Crippen molar-refractivity contribution in [3.05, 3.63) is 29.3 Å². The standard InChI is InChI=1S/C18H22N2O/c1-12(8-11-21)14-4-3-5-15-16-13-6-9-20(10-7-13)18(16)19(2)17(14)15/h3-5,11-13H,6-10H2,1-2H3. The molecule has 1 atom stereocenters. The van der Waals surface area contributed by atoms with Crippen LogP contribution in [-0.4, -0.2) is 23.9 Å². The van der Waals surface area contributed by atoms with E-state index in [1.54, 1.807) is 5.56 Å². The van der Waals surface area contributed by atoms with Gasteiger partial charge in [0.2, 0.25) is 0 Å². The number of nitrogens with zero attached hydrogens (tertiary/aromatic N) is 2. The van der Waals surface area contributed by atoms with E-state index >= 15 is 0 Å². The second-order valence-electron chi connectivity index (χ2n) is 6.60. The average molecular weight is 282 g/mol. The minimum Gasteiger partial charge on any atom is -0.358 e. The Labute approximate surface area is 125 Å². The van der Waals surface area contributed by atoms with E-state index in [0.717, 1.165) is 12.2 Å². The normalized spacial score (nSPS) is 19.0. The number of para-hydroxylation sites is 1. The summed E-state index contributed by atoms with van der Waals surface area (Å²) in [5, 5.41) is 1.41. The number of aryl methyl sites for hydroxylation is 1. The van der Waals surface area contributed by atoms with Crippen LogP contribution in [0.15, 0.2) is 18.2 Å². The van der Waals surface area contributed by atoms with Crippen LogP contribution in [0.5, 0.6) is 0 Å². The van der Waals surface area contributed by atoms with Gasteiger partial charge in [-0.3, -0.25) is 0 Å². The lowest BCUT2D eigenvalue weighted by Crippen LogP contribution is -2.39. The summed E-state index contributed by atoms with van der Waals surface area (Å²) in [4.78, 5) is 13.4. The van der Waals surface area contributed by atoms with Crippen molar-refractivity contribution in [3.8, 4) is 0 Å². The van der Waals surface area contributed by atoms with Crippen molar-refractivity contribution in [1.29, 1.82) is 0 Å². The molecule has 110 valence electrons. The molecule has 5 rings (SSSR count). The fourth-order valence-electron chi connectivity index (χ4n) is 4.39. The molecule has 1 saturated heterocycles. The summed E-state index contributed by atoms with van der Waals surface area (Å²) >= 11 is 0. The molecule has 21 heavy (non-hydrogen) atoms. The molecule has 3 aliphatic heterocycles. The second-order valence-corrected chi connectivity index (χ2v) is 6.60. The fraction of sp³-hybridized carbons (Fsp3) is 0.500. The zero-order valence-corrected chi connectivity index (χ0v) is 12.8. The van der Waals surface area contributed by atoms with Crippen molar-refractivity contribution >= 4 is 23.0 Å². The monoisotopic (exact) mass is 282 g/mol. The Morgan fingerprint density at radius 3 is 2.81 bits per heavy atom. The van der Waals surface area contributed by atoms with E-state index in [1.165, 1.54) is 48.2 Å². The van der Waals surface area contributed by atoms with Crippen LogP contribution in [0, 0.1) is 0 Å². The van der Waals surface area contributed by atoms with Gasteiger partial charge in [-0.2, -0.15) is 0 Å². The Morgan fingerprint density at radius 2 is 2.10 bits per heavy atom. The number of anilines is 1. The Kier molecular flexibility index (Phi) is 2.84. The fourth-order valence-corrected chi connectivity index (χ4v) is 4.39. The van der Waals surface area contributed by atoms with Crippen molar-refractivity contribution in [1.82, 2.24) is 4.57 Å². The Hall–Kier alpha value is -1.77. The van der Waals surface area contributed by atoms with E-state index in [-0.39, 0.29) is 5.92 Å². The molecule has 0 saturated carbocycles. The number of carbonyl (C=O) groups excluding carboxylic acids is 1. The van der Waals surface area contributed by atoms with Crippen LogP contribution < -0.4 is 4.90 Å². The first-order valence-corrected chi connectivity index (χ1v) is 8.02. The molecule has 0 amide bonds. The van der Waals surface area contributed by atoms with Gasteiger partial charge >= 0.3 is 0 Å². The van der Waals surface area contributed by atoms with E-state index in [9.17, 15) is 4.79 Å². The molecule has 2 bridgehead atoms. The third-order valence-electron chi connectivity index (χ3n) is 5.43. The van der Waals surface area contributed by atoms with Gasteiger partial charge in [-0.25, -0.2) is 0 Å². The predicted molar refractivity (Wildman–Crippen MR) is 86.2 cm³/mol. The van der Waals surface area contributed by atoms with Crippen LogP contribution in [0.2, 0.25) is 0 Å². The third-order valence-corrected chi connectivity index (χ3v) is 5.43. The molecule has 2 aromatic rings. The Bertz CT molecular complexity index is 708. The van der Waals surface area contributed by atoms with Crippen LogP contribution in [0.1, 0.15) is 49.1 Å². The highest BCUT2D eigenvalue weighted by molar-refractivity contribution is 5.94. The molecule has 3 nitrogen and oxygen atoms in total. The van der Waals surface area contributed by atoms with Crippen LogP contribution >= 0.6 is 0 Å². The maximum atomic E-state index is 10.9. The summed E-state index contributed by atoms with van der Waals surface area (Å²) in [7, 11) is 2.19. The zero-order valence-electron chi connectivity index (χ0n) is 12.8. The van der Waals surface area contributed by atoms with Gasteiger partial charge < -0.3 is 14.3 Å². The molecule has 1 fully saturated rings. The van der Waals surface area contributed by atoms with Crippen molar-refractivity contribution in [2.24, 2.45) is 7.05 Å². The lowest BCUT2D eigenvalue weighted by atomic mass is 9.83. The number of carbonyl (C=O) groups is 1. The first-order valence-electron chi connectivity index (χ1n) is 8.02. The summed E-state index contributed by atoms with van der Waals surface area (Å²) in [5.41, 5.74) is 4.22. The summed E-state index contributed by atoms with van der Waals surface area (Å²) in [6.45, 7) is 4.55. The Balaban J connectivity index is 2.00. The number of aromatic nitrogens is 1. The summed E-state index contributed by atoms with van der Waals surface area (Å²) < 4.78 is 2.38. The smallest absolute Gasteiger partial charge is 0.120 e. The molecular formula is C18H22N2O. The van der Waals surface area contributed by atoms with Crippen molar-refractivity contribution < 1.29 is 4.79 Å². The number of aldehydes is 1. The molecule has 0 spiro atoms.